The second kappa shape index (κ2) is 8.11. The van der Waals surface area contributed by atoms with E-state index in [1.165, 1.54) is 0 Å². The van der Waals surface area contributed by atoms with Gasteiger partial charge in [-0.2, -0.15) is 0 Å². The van der Waals surface area contributed by atoms with E-state index in [9.17, 15) is 9.59 Å². The van der Waals surface area contributed by atoms with Crippen molar-refractivity contribution in [3.05, 3.63) is 71.8 Å². The Morgan fingerprint density at radius 1 is 1.03 bits per heavy atom. The third kappa shape index (κ3) is 3.56. The fraction of sp³-hybridized carbons (Fsp3) is 0.417. The van der Waals surface area contributed by atoms with Crippen LogP contribution >= 0.6 is 0 Å². The lowest BCUT2D eigenvalue weighted by atomic mass is 9.87. The van der Waals surface area contributed by atoms with Crippen LogP contribution in [0.25, 0.3) is 0 Å². The number of rotatable bonds is 6. The fourth-order valence-corrected chi connectivity index (χ4v) is 4.30. The number of nitrogens with zero attached hydrogens (tertiary/aromatic N) is 2. The summed E-state index contributed by atoms with van der Waals surface area (Å²) in [6, 6.07) is 19.3. The third-order valence-electron chi connectivity index (χ3n) is 6.04. The summed E-state index contributed by atoms with van der Waals surface area (Å²) in [4.78, 5) is 29.5. The van der Waals surface area contributed by atoms with E-state index in [2.05, 4.69) is 13.8 Å². The molecule has 4 rings (SSSR count). The van der Waals surface area contributed by atoms with Crippen LogP contribution in [0.15, 0.2) is 60.7 Å². The van der Waals surface area contributed by atoms with Gasteiger partial charge in [0.15, 0.2) is 5.60 Å². The molecule has 0 aliphatic carbocycles. The minimum atomic E-state index is -1.08. The van der Waals surface area contributed by atoms with Crippen molar-refractivity contribution < 1.29 is 19.1 Å². The van der Waals surface area contributed by atoms with Gasteiger partial charge in [-0.1, -0.05) is 74.5 Å². The molecule has 30 heavy (non-hydrogen) atoms. The van der Waals surface area contributed by atoms with Crippen molar-refractivity contribution in [3.63, 3.8) is 0 Å². The van der Waals surface area contributed by atoms with E-state index in [0.717, 1.165) is 11.1 Å². The Balaban J connectivity index is 1.50. The molecule has 0 bridgehead atoms. The molecule has 3 atom stereocenters. The quantitative estimate of drug-likeness (QED) is 0.682. The molecule has 2 aliphatic heterocycles. The van der Waals surface area contributed by atoms with Crippen molar-refractivity contribution in [1.82, 2.24) is 9.80 Å². The zero-order valence-electron chi connectivity index (χ0n) is 17.7. The number of carbonyl (C=O) groups excluding carboxylic acids is 2. The van der Waals surface area contributed by atoms with Crippen LogP contribution in [0.2, 0.25) is 0 Å². The lowest BCUT2D eigenvalue weighted by molar-refractivity contribution is -0.214. The van der Waals surface area contributed by atoms with Crippen molar-refractivity contribution >= 4 is 12.0 Å². The number of hydrogen-bond donors (Lipinski definition) is 0. The van der Waals surface area contributed by atoms with Crippen LogP contribution < -0.4 is 0 Å². The van der Waals surface area contributed by atoms with Crippen LogP contribution in [0.1, 0.15) is 31.9 Å². The Kier molecular flexibility index (Phi) is 5.52. The molecule has 2 saturated heterocycles. The third-order valence-corrected chi connectivity index (χ3v) is 6.04. The molecule has 0 aromatic heterocycles. The Bertz CT molecular complexity index is 902. The first-order chi connectivity index (χ1) is 14.4. The minimum Gasteiger partial charge on any atom is -0.444 e. The Hall–Kier alpha value is -2.86. The van der Waals surface area contributed by atoms with E-state index in [0.29, 0.717) is 13.2 Å². The normalized spacial score (nSPS) is 25.3. The number of carbonyl (C=O) groups is 2. The highest BCUT2D eigenvalue weighted by molar-refractivity contribution is 5.95. The highest BCUT2D eigenvalue weighted by Gasteiger charge is 2.68. The SMILES string of the molecule is CC(C)[C@H]1CN(C(=O)OCc2ccccc2)[C@H]2N1C(=O)[C@]2(C)OCc1ccccc1. The molecule has 0 N–H and O–H groups in total. The van der Waals surface area contributed by atoms with Crippen LogP contribution in [0, 0.1) is 5.92 Å². The monoisotopic (exact) mass is 408 g/mol. The van der Waals surface area contributed by atoms with Gasteiger partial charge in [0.1, 0.15) is 12.8 Å². The van der Waals surface area contributed by atoms with Crippen LogP contribution in [0.3, 0.4) is 0 Å². The number of β-lactam (4-membered cyclic amide) rings is 1. The van der Waals surface area contributed by atoms with Crippen LogP contribution in [0.5, 0.6) is 0 Å². The number of ether oxygens (including phenoxy) is 2. The summed E-state index contributed by atoms with van der Waals surface area (Å²) in [6.07, 6.45) is -0.872. The van der Waals surface area contributed by atoms with Gasteiger partial charge in [-0.15, -0.1) is 0 Å². The maximum absolute atomic E-state index is 13.1. The fourth-order valence-electron chi connectivity index (χ4n) is 4.30. The summed E-state index contributed by atoms with van der Waals surface area (Å²) in [7, 11) is 0. The largest absolute Gasteiger partial charge is 0.444 e. The Labute approximate surface area is 177 Å². The summed E-state index contributed by atoms with van der Waals surface area (Å²) < 4.78 is 11.7. The number of benzene rings is 2. The Morgan fingerprint density at radius 3 is 2.17 bits per heavy atom. The predicted molar refractivity (Wildman–Crippen MR) is 112 cm³/mol. The molecular formula is C24H28N2O4. The minimum absolute atomic E-state index is 0.0415. The first kappa shape index (κ1) is 20.4. The molecule has 2 amide bonds. The van der Waals surface area contributed by atoms with E-state index in [1.807, 2.05) is 60.7 Å². The lowest BCUT2D eigenvalue weighted by Gasteiger charge is -2.53. The smallest absolute Gasteiger partial charge is 0.411 e. The summed E-state index contributed by atoms with van der Waals surface area (Å²) in [6.45, 7) is 6.87. The van der Waals surface area contributed by atoms with E-state index in [1.54, 1.807) is 16.7 Å². The van der Waals surface area contributed by atoms with Gasteiger partial charge >= 0.3 is 6.09 Å². The van der Waals surface area contributed by atoms with Crippen molar-refractivity contribution in [3.8, 4) is 0 Å². The van der Waals surface area contributed by atoms with Gasteiger partial charge in [-0.05, 0) is 24.0 Å². The summed E-state index contributed by atoms with van der Waals surface area (Å²) in [5.41, 5.74) is 0.835. The molecule has 6 heteroatoms. The van der Waals surface area contributed by atoms with E-state index in [4.69, 9.17) is 9.47 Å². The molecule has 6 nitrogen and oxygen atoms in total. The zero-order chi connectivity index (χ0) is 21.3. The van der Waals surface area contributed by atoms with Crippen molar-refractivity contribution in [1.29, 1.82) is 0 Å². The average molecular weight is 408 g/mol. The topological polar surface area (TPSA) is 59.1 Å². The summed E-state index contributed by atoms with van der Waals surface area (Å²) >= 11 is 0. The average Bonchev–Trinajstić information content (AvgIpc) is 3.16. The second-order valence-electron chi connectivity index (χ2n) is 8.47. The van der Waals surface area contributed by atoms with Gasteiger partial charge in [0.2, 0.25) is 0 Å². The van der Waals surface area contributed by atoms with Crippen molar-refractivity contribution in [2.45, 2.75) is 51.8 Å². The molecule has 2 aromatic carbocycles. The molecule has 0 unspecified atom stereocenters. The highest BCUT2D eigenvalue weighted by atomic mass is 16.6. The zero-order valence-corrected chi connectivity index (χ0v) is 17.7. The second-order valence-corrected chi connectivity index (χ2v) is 8.47. The summed E-state index contributed by atoms with van der Waals surface area (Å²) in [5.74, 6) is 0.155. The van der Waals surface area contributed by atoms with Gasteiger partial charge in [0.25, 0.3) is 5.91 Å². The van der Waals surface area contributed by atoms with Crippen LogP contribution in [-0.2, 0) is 27.5 Å². The Morgan fingerprint density at radius 2 is 1.60 bits per heavy atom. The van der Waals surface area contributed by atoms with Gasteiger partial charge in [0.05, 0.1) is 12.6 Å². The van der Waals surface area contributed by atoms with Gasteiger partial charge in [-0.25, -0.2) is 4.79 Å². The standard InChI is InChI=1S/C24H28N2O4/c1-17(2)20-14-25(23(28)29-15-18-10-6-4-7-11-18)21-24(3,22(27)26(20)21)30-16-19-12-8-5-9-13-19/h4-13,17,20-21H,14-16H2,1-3H3/t20-,21+,24-/m1/s1. The molecule has 0 saturated carbocycles. The predicted octanol–water partition coefficient (Wildman–Crippen LogP) is 3.81. The van der Waals surface area contributed by atoms with Crippen LogP contribution in [-0.4, -0.2) is 46.2 Å². The molecule has 0 radical (unpaired) electrons. The maximum atomic E-state index is 13.1. The maximum Gasteiger partial charge on any atom is 0.411 e. The van der Waals surface area contributed by atoms with Crippen molar-refractivity contribution in [2.75, 3.05) is 6.54 Å². The van der Waals surface area contributed by atoms with Gasteiger partial charge in [-0.3, -0.25) is 9.69 Å². The molecule has 0 spiro atoms. The van der Waals surface area contributed by atoms with E-state index < -0.39 is 17.9 Å². The molecule has 2 aliphatic rings. The van der Waals surface area contributed by atoms with E-state index >= 15 is 0 Å². The first-order valence-electron chi connectivity index (χ1n) is 10.4. The molecule has 2 aromatic rings. The number of fused-ring (bicyclic) bond motifs is 1. The van der Waals surface area contributed by atoms with E-state index in [-0.39, 0.29) is 24.5 Å². The van der Waals surface area contributed by atoms with Crippen LogP contribution in [0.4, 0.5) is 4.79 Å². The molecule has 2 fully saturated rings. The lowest BCUT2D eigenvalue weighted by Crippen LogP contribution is -2.76. The first-order valence-corrected chi connectivity index (χ1v) is 10.4. The molecular weight excluding hydrogens is 380 g/mol. The number of amides is 2. The summed E-state index contributed by atoms with van der Waals surface area (Å²) in [5, 5.41) is 0. The van der Waals surface area contributed by atoms with Gasteiger partial charge in [0, 0.05) is 6.54 Å². The number of hydrogen-bond acceptors (Lipinski definition) is 4. The highest BCUT2D eigenvalue weighted by Crippen LogP contribution is 2.45. The van der Waals surface area contributed by atoms with Crippen molar-refractivity contribution in [2.24, 2.45) is 5.92 Å². The van der Waals surface area contributed by atoms with Gasteiger partial charge < -0.3 is 14.4 Å². The molecule has 158 valence electrons. The molecule has 2 heterocycles.